The number of hydrogen-bond donors (Lipinski definition) is 2. The molecule has 0 fully saturated rings. The fourth-order valence-corrected chi connectivity index (χ4v) is 2.17. The Morgan fingerprint density at radius 2 is 1.96 bits per heavy atom. The van der Waals surface area contributed by atoms with Crippen molar-refractivity contribution in [1.29, 1.82) is 0 Å². The summed E-state index contributed by atoms with van der Waals surface area (Å²) < 4.78 is 15.1. The molecule has 2 aromatic heterocycles. The van der Waals surface area contributed by atoms with Crippen LogP contribution in [-0.4, -0.2) is 39.0 Å². The number of nitrogens with one attached hydrogen (secondary N) is 2. The number of aryl methyl sites for hydroxylation is 1. The molecule has 0 unspecified atom stereocenters. The van der Waals surface area contributed by atoms with Crippen molar-refractivity contribution in [2.45, 2.75) is 6.92 Å². The highest BCUT2D eigenvalue weighted by atomic mass is 19.1. The number of rotatable bonds is 6. The number of benzene rings is 1. The zero-order valence-electron chi connectivity index (χ0n) is 13.6. The molecule has 1 amide bonds. The minimum atomic E-state index is -0.402. The third kappa shape index (κ3) is 4.17. The first-order chi connectivity index (χ1) is 12.1. The van der Waals surface area contributed by atoms with E-state index in [1.807, 2.05) is 19.1 Å². The highest BCUT2D eigenvalue weighted by Crippen LogP contribution is 2.12. The maximum absolute atomic E-state index is 13.7. The molecule has 3 aromatic rings. The Kier molecular flexibility index (Phi) is 4.98. The van der Waals surface area contributed by atoms with E-state index in [0.29, 0.717) is 24.6 Å². The predicted octanol–water partition coefficient (Wildman–Crippen LogP) is 1.95. The second-order valence-electron chi connectivity index (χ2n) is 5.34. The van der Waals surface area contributed by atoms with Crippen LogP contribution in [0.4, 0.5) is 10.2 Å². The SMILES string of the molecule is Cc1ccc(NCCNC(=O)c2ccn(-c3ccccc3F)n2)nn1. The lowest BCUT2D eigenvalue weighted by Crippen LogP contribution is -2.29. The Hall–Kier alpha value is -3.29. The third-order valence-corrected chi connectivity index (χ3v) is 3.44. The molecule has 25 heavy (non-hydrogen) atoms. The monoisotopic (exact) mass is 340 g/mol. The van der Waals surface area contributed by atoms with Crippen LogP contribution in [0.25, 0.3) is 5.69 Å². The molecule has 2 heterocycles. The predicted molar refractivity (Wildman–Crippen MR) is 91.1 cm³/mol. The van der Waals surface area contributed by atoms with Gasteiger partial charge in [-0.25, -0.2) is 9.07 Å². The van der Waals surface area contributed by atoms with Crippen LogP contribution in [0.5, 0.6) is 0 Å². The second-order valence-corrected chi connectivity index (χ2v) is 5.34. The van der Waals surface area contributed by atoms with Crippen molar-refractivity contribution in [3.63, 3.8) is 0 Å². The van der Waals surface area contributed by atoms with Crippen LogP contribution >= 0.6 is 0 Å². The number of carbonyl (C=O) groups is 1. The molecule has 3 rings (SSSR count). The van der Waals surface area contributed by atoms with Gasteiger partial charge in [0.1, 0.15) is 17.3 Å². The molecule has 1 aromatic carbocycles. The molecule has 2 N–H and O–H groups in total. The van der Waals surface area contributed by atoms with Crippen molar-refractivity contribution in [3.8, 4) is 5.69 Å². The van der Waals surface area contributed by atoms with Gasteiger partial charge in [-0.1, -0.05) is 12.1 Å². The van der Waals surface area contributed by atoms with Gasteiger partial charge in [-0.05, 0) is 37.3 Å². The number of hydrogen-bond acceptors (Lipinski definition) is 5. The van der Waals surface area contributed by atoms with Gasteiger partial charge in [0.2, 0.25) is 0 Å². The van der Waals surface area contributed by atoms with Crippen LogP contribution < -0.4 is 10.6 Å². The molecule has 0 saturated heterocycles. The lowest BCUT2D eigenvalue weighted by molar-refractivity contribution is 0.0949. The number of halogens is 1. The van der Waals surface area contributed by atoms with E-state index in [-0.39, 0.29) is 11.6 Å². The Morgan fingerprint density at radius 1 is 1.12 bits per heavy atom. The second kappa shape index (κ2) is 7.52. The first kappa shape index (κ1) is 16.6. The Labute approximate surface area is 143 Å². The largest absolute Gasteiger partial charge is 0.367 e. The summed E-state index contributed by atoms with van der Waals surface area (Å²) in [6, 6.07) is 11.5. The molecular weight excluding hydrogens is 323 g/mol. The van der Waals surface area contributed by atoms with Crippen LogP contribution in [0.3, 0.4) is 0 Å². The van der Waals surface area contributed by atoms with Gasteiger partial charge in [-0.3, -0.25) is 4.79 Å². The molecule has 0 saturated carbocycles. The van der Waals surface area contributed by atoms with E-state index in [2.05, 4.69) is 25.9 Å². The number of nitrogens with zero attached hydrogens (tertiary/aromatic N) is 4. The summed E-state index contributed by atoms with van der Waals surface area (Å²) in [7, 11) is 0. The maximum atomic E-state index is 13.7. The number of para-hydroxylation sites is 1. The average molecular weight is 340 g/mol. The number of anilines is 1. The van der Waals surface area contributed by atoms with E-state index >= 15 is 0 Å². The fourth-order valence-electron chi connectivity index (χ4n) is 2.17. The van der Waals surface area contributed by atoms with Crippen molar-refractivity contribution in [2.75, 3.05) is 18.4 Å². The quantitative estimate of drug-likeness (QED) is 0.670. The van der Waals surface area contributed by atoms with E-state index in [9.17, 15) is 9.18 Å². The standard InChI is InChI=1S/C17H17FN6O/c1-12-6-7-16(22-21-12)19-9-10-20-17(25)14-8-11-24(23-14)15-5-3-2-4-13(15)18/h2-8,11H,9-10H2,1H3,(H,19,22)(H,20,25). The van der Waals surface area contributed by atoms with Gasteiger partial charge in [0.15, 0.2) is 5.69 Å². The lowest BCUT2D eigenvalue weighted by Gasteiger charge is -2.06. The van der Waals surface area contributed by atoms with Gasteiger partial charge in [-0.2, -0.15) is 10.2 Å². The summed E-state index contributed by atoms with van der Waals surface area (Å²) in [4.78, 5) is 12.1. The molecule has 7 nitrogen and oxygen atoms in total. The number of carbonyl (C=O) groups excluding carboxylic acids is 1. The summed E-state index contributed by atoms with van der Waals surface area (Å²) in [5.41, 5.74) is 1.35. The Morgan fingerprint density at radius 3 is 2.72 bits per heavy atom. The van der Waals surface area contributed by atoms with Crippen molar-refractivity contribution < 1.29 is 9.18 Å². The van der Waals surface area contributed by atoms with Crippen molar-refractivity contribution >= 4 is 11.7 Å². The number of aromatic nitrogens is 4. The van der Waals surface area contributed by atoms with Gasteiger partial charge in [0.25, 0.3) is 5.91 Å². The van der Waals surface area contributed by atoms with E-state index < -0.39 is 5.82 Å². The zero-order valence-corrected chi connectivity index (χ0v) is 13.6. The highest BCUT2D eigenvalue weighted by molar-refractivity contribution is 5.92. The normalized spacial score (nSPS) is 10.5. The van der Waals surface area contributed by atoms with Gasteiger partial charge in [0, 0.05) is 19.3 Å². The Bertz CT molecular complexity index is 862. The first-order valence-electron chi connectivity index (χ1n) is 7.76. The van der Waals surface area contributed by atoms with E-state index in [0.717, 1.165) is 5.69 Å². The topological polar surface area (TPSA) is 84.7 Å². The molecule has 0 aliphatic heterocycles. The van der Waals surface area contributed by atoms with Gasteiger partial charge >= 0.3 is 0 Å². The average Bonchev–Trinajstić information content (AvgIpc) is 3.10. The molecule has 0 radical (unpaired) electrons. The molecular formula is C17H17FN6O. The summed E-state index contributed by atoms with van der Waals surface area (Å²) in [5, 5.41) is 17.8. The van der Waals surface area contributed by atoms with Gasteiger partial charge in [0.05, 0.1) is 5.69 Å². The summed E-state index contributed by atoms with van der Waals surface area (Å²) in [6.07, 6.45) is 1.55. The summed E-state index contributed by atoms with van der Waals surface area (Å²) in [6.45, 7) is 2.75. The summed E-state index contributed by atoms with van der Waals surface area (Å²) >= 11 is 0. The smallest absolute Gasteiger partial charge is 0.271 e. The van der Waals surface area contributed by atoms with Gasteiger partial charge in [-0.15, -0.1) is 5.10 Å². The fraction of sp³-hybridized carbons (Fsp3) is 0.176. The minimum absolute atomic E-state index is 0.221. The third-order valence-electron chi connectivity index (χ3n) is 3.44. The van der Waals surface area contributed by atoms with Crippen LogP contribution in [0, 0.1) is 12.7 Å². The molecule has 0 bridgehead atoms. The van der Waals surface area contributed by atoms with Crippen LogP contribution in [0.2, 0.25) is 0 Å². The maximum Gasteiger partial charge on any atom is 0.271 e. The molecule has 0 aliphatic carbocycles. The molecule has 0 atom stereocenters. The van der Waals surface area contributed by atoms with Gasteiger partial charge < -0.3 is 10.6 Å². The number of amides is 1. The summed E-state index contributed by atoms with van der Waals surface area (Å²) in [5.74, 6) is -0.0866. The van der Waals surface area contributed by atoms with Crippen LogP contribution in [0.1, 0.15) is 16.2 Å². The molecule has 0 spiro atoms. The van der Waals surface area contributed by atoms with Crippen molar-refractivity contribution in [2.24, 2.45) is 0 Å². The van der Waals surface area contributed by atoms with Crippen molar-refractivity contribution in [3.05, 3.63) is 65.9 Å². The molecule has 128 valence electrons. The molecule has 8 heteroatoms. The lowest BCUT2D eigenvalue weighted by atomic mass is 10.3. The first-order valence-corrected chi connectivity index (χ1v) is 7.76. The van der Waals surface area contributed by atoms with E-state index in [1.165, 1.54) is 10.7 Å². The highest BCUT2D eigenvalue weighted by Gasteiger charge is 2.11. The van der Waals surface area contributed by atoms with Crippen LogP contribution in [-0.2, 0) is 0 Å². The van der Waals surface area contributed by atoms with Crippen molar-refractivity contribution in [1.82, 2.24) is 25.3 Å². The minimum Gasteiger partial charge on any atom is -0.367 e. The van der Waals surface area contributed by atoms with Crippen LogP contribution in [0.15, 0.2) is 48.7 Å². The zero-order chi connectivity index (χ0) is 17.6. The Balaban J connectivity index is 1.52. The van der Waals surface area contributed by atoms with E-state index in [4.69, 9.17) is 0 Å². The molecule has 0 aliphatic rings. The van der Waals surface area contributed by atoms with E-state index in [1.54, 1.807) is 30.5 Å².